The highest BCUT2D eigenvalue weighted by Crippen LogP contribution is 2.41. The number of ether oxygens (including phenoxy) is 2. The molecule has 3 N–H and O–H groups in total. The van der Waals surface area contributed by atoms with Crippen molar-refractivity contribution in [1.82, 2.24) is 10.3 Å². The molecule has 0 spiro atoms. The van der Waals surface area contributed by atoms with Crippen LogP contribution in [0.3, 0.4) is 0 Å². The summed E-state index contributed by atoms with van der Waals surface area (Å²) in [6.07, 6.45) is 2.09. The fourth-order valence-electron chi connectivity index (χ4n) is 4.44. The number of hydrogen-bond donors (Lipinski definition) is 3. The second kappa shape index (κ2) is 9.18. The number of anilines is 2. The summed E-state index contributed by atoms with van der Waals surface area (Å²) in [7, 11) is 0. The first-order valence-corrected chi connectivity index (χ1v) is 12.1. The van der Waals surface area contributed by atoms with Gasteiger partial charge in [0.2, 0.25) is 5.91 Å². The van der Waals surface area contributed by atoms with Crippen LogP contribution in [-0.2, 0) is 16.6 Å². The van der Waals surface area contributed by atoms with E-state index in [1.165, 1.54) is 5.56 Å². The van der Waals surface area contributed by atoms with Gasteiger partial charge in [-0.1, -0.05) is 39.8 Å². The number of amides is 3. The average molecular weight is 487 g/mol. The largest absolute Gasteiger partial charge is 0.470 e. The van der Waals surface area contributed by atoms with Crippen LogP contribution in [0.5, 0.6) is 17.2 Å². The molecule has 2 aromatic carbocycles. The minimum Gasteiger partial charge on any atom is -0.470 e. The molecule has 8 heteroatoms. The van der Waals surface area contributed by atoms with Crippen molar-refractivity contribution in [3.8, 4) is 17.2 Å². The number of rotatable bonds is 4. The van der Waals surface area contributed by atoms with Crippen molar-refractivity contribution in [3.63, 3.8) is 0 Å². The molecule has 3 aromatic rings. The van der Waals surface area contributed by atoms with E-state index in [1.807, 2.05) is 49.4 Å². The van der Waals surface area contributed by atoms with Crippen molar-refractivity contribution in [1.29, 1.82) is 0 Å². The van der Waals surface area contributed by atoms with Gasteiger partial charge in [-0.25, -0.2) is 9.78 Å². The standard InChI is InChI=1S/C28H30N4O4/c1-16-21-15-19(35-23-13-14-29-25-20(23)10-12-24(33)31-25)9-11-22(21)36-26(16)32-27(34)30-18-7-5-17(6-8-18)28(2,3)4/h5-9,11,13-16,26H,10,12H2,1-4H3,(H,29,31,33)(H2,30,32,34)/t16-,26+/m0/s1. The lowest BCUT2D eigenvalue weighted by molar-refractivity contribution is -0.116. The number of fused-ring (bicyclic) bond motifs is 2. The van der Waals surface area contributed by atoms with Crippen molar-refractivity contribution < 1.29 is 19.1 Å². The van der Waals surface area contributed by atoms with Gasteiger partial charge in [0.1, 0.15) is 23.1 Å². The highest BCUT2D eigenvalue weighted by Gasteiger charge is 2.33. The molecular weight excluding hydrogens is 456 g/mol. The molecule has 36 heavy (non-hydrogen) atoms. The Morgan fingerprint density at radius 1 is 1.11 bits per heavy atom. The molecule has 0 fully saturated rings. The Labute approximate surface area is 210 Å². The number of nitrogens with zero attached hydrogens (tertiary/aromatic N) is 1. The molecule has 0 saturated heterocycles. The Morgan fingerprint density at radius 2 is 1.89 bits per heavy atom. The molecule has 0 aliphatic carbocycles. The second-order valence-corrected chi connectivity index (χ2v) is 10.2. The Morgan fingerprint density at radius 3 is 2.64 bits per heavy atom. The SMILES string of the molecule is C[C@H]1c2cc(Oc3ccnc4c3CCC(=O)N4)ccc2O[C@H]1NC(=O)Nc1ccc(C(C)(C)C)cc1. The van der Waals surface area contributed by atoms with Gasteiger partial charge in [0.05, 0.1) is 0 Å². The highest BCUT2D eigenvalue weighted by atomic mass is 16.5. The van der Waals surface area contributed by atoms with Gasteiger partial charge in [0.25, 0.3) is 0 Å². The van der Waals surface area contributed by atoms with Gasteiger partial charge in [0.15, 0.2) is 6.23 Å². The summed E-state index contributed by atoms with van der Waals surface area (Å²) in [5.41, 5.74) is 3.80. The maximum Gasteiger partial charge on any atom is 0.322 e. The molecule has 0 saturated carbocycles. The van der Waals surface area contributed by atoms with Gasteiger partial charge >= 0.3 is 6.03 Å². The van der Waals surface area contributed by atoms with Gasteiger partial charge in [-0.3, -0.25) is 4.79 Å². The average Bonchev–Trinajstić information content (AvgIpc) is 3.13. The maximum absolute atomic E-state index is 12.7. The number of carbonyl (C=O) groups is 2. The fourth-order valence-corrected chi connectivity index (χ4v) is 4.44. The van der Waals surface area contributed by atoms with E-state index < -0.39 is 6.23 Å². The number of benzene rings is 2. The molecule has 0 radical (unpaired) electrons. The highest BCUT2D eigenvalue weighted by molar-refractivity contribution is 5.93. The number of urea groups is 1. The summed E-state index contributed by atoms with van der Waals surface area (Å²) in [5.74, 6) is 2.45. The van der Waals surface area contributed by atoms with Gasteiger partial charge < -0.3 is 25.4 Å². The number of pyridine rings is 1. The van der Waals surface area contributed by atoms with Crippen molar-refractivity contribution >= 4 is 23.4 Å². The Balaban J connectivity index is 1.24. The van der Waals surface area contributed by atoms with Crippen LogP contribution in [0, 0.1) is 0 Å². The van der Waals surface area contributed by atoms with Crippen LogP contribution in [0.4, 0.5) is 16.3 Å². The van der Waals surface area contributed by atoms with Crippen LogP contribution in [0.25, 0.3) is 0 Å². The third-order valence-electron chi connectivity index (χ3n) is 6.56. The molecule has 3 amide bonds. The van der Waals surface area contributed by atoms with E-state index in [-0.39, 0.29) is 23.3 Å². The number of aromatic nitrogens is 1. The lowest BCUT2D eigenvalue weighted by atomic mass is 9.87. The summed E-state index contributed by atoms with van der Waals surface area (Å²) in [4.78, 5) is 28.6. The van der Waals surface area contributed by atoms with Gasteiger partial charge in [-0.15, -0.1) is 0 Å². The van der Waals surface area contributed by atoms with Crippen LogP contribution in [0.15, 0.2) is 54.7 Å². The fraction of sp³-hybridized carbons (Fsp3) is 0.321. The van der Waals surface area contributed by atoms with Gasteiger partial charge in [-0.2, -0.15) is 0 Å². The smallest absolute Gasteiger partial charge is 0.322 e. The molecule has 0 unspecified atom stereocenters. The zero-order chi connectivity index (χ0) is 25.4. The molecule has 2 aliphatic rings. The topological polar surface area (TPSA) is 102 Å². The van der Waals surface area contributed by atoms with Crippen molar-refractivity contribution in [3.05, 3.63) is 71.4 Å². The molecular formula is C28H30N4O4. The third kappa shape index (κ3) is 4.84. The minimum atomic E-state index is -0.506. The predicted octanol–water partition coefficient (Wildman–Crippen LogP) is 5.70. The molecule has 3 heterocycles. The van der Waals surface area contributed by atoms with E-state index in [9.17, 15) is 9.59 Å². The van der Waals surface area contributed by atoms with Gasteiger partial charge in [0, 0.05) is 35.3 Å². The quantitative estimate of drug-likeness (QED) is 0.439. The summed E-state index contributed by atoms with van der Waals surface area (Å²) >= 11 is 0. The molecule has 2 aliphatic heterocycles. The van der Waals surface area contributed by atoms with Crippen molar-refractivity contribution in [2.24, 2.45) is 0 Å². The van der Waals surface area contributed by atoms with Crippen LogP contribution >= 0.6 is 0 Å². The lowest BCUT2D eigenvalue weighted by Gasteiger charge is -2.20. The Kier molecular flexibility index (Phi) is 6.04. The molecule has 186 valence electrons. The second-order valence-electron chi connectivity index (χ2n) is 10.2. The monoisotopic (exact) mass is 486 g/mol. The predicted molar refractivity (Wildman–Crippen MR) is 138 cm³/mol. The molecule has 0 bridgehead atoms. The van der Waals surface area contributed by atoms with E-state index in [0.29, 0.717) is 35.9 Å². The Hall–Kier alpha value is -4.07. The van der Waals surface area contributed by atoms with E-state index in [4.69, 9.17) is 9.47 Å². The first-order valence-electron chi connectivity index (χ1n) is 12.1. The maximum atomic E-state index is 12.7. The Bertz CT molecular complexity index is 1310. The minimum absolute atomic E-state index is 0.0415. The molecule has 8 nitrogen and oxygen atoms in total. The summed E-state index contributed by atoms with van der Waals surface area (Å²) in [6, 6.07) is 14.9. The lowest BCUT2D eigenvalue weighted by Crippen LogP contribution is -2.42. The number of nitrogens with one attached hydrogen (secondary N) is 3. The molecule has 2 atom stereocenters. The summed E-state index contributed by atoms with van der Waals surface area (Å²) in [6.45, 7) is 8.46. The van der Waals surface area contributed by atoms with E-state index in [1.54, 1.807) is 12.3 Å². The van der Waals surface area contributed by atoms with Crippen LogP contribution in [0.1, 0.15) is 56.7 Å². The van der Waals surface area contributed by atoms with Crippen molar-refractivity contribution in [2.45, 2.75) is 58.1 Å². The van der Waals surface area contributed by atoms with E-state index in [2.05, 4.69) is 41.7 Å². The molecule has 5 rings (SSSR count). The van der Waals surface area contributed by atoms with Crippen molar-refractivity contribution in [2.75, 3.05) is 10.6 Å². The number of carbonyl (C=O) groups excluding carboxylic acids is 2. The first-order chi connectivity index (χ1) is 17.2. The van der Waals surface area contributed by atoms with Gasteiger partial charge in [-0.05, 0) is 53.8 Å². The normalized spacial score (nSPS) is 18.4. The zero-order valence-electron chi connectivity index (χ0n) is 20.8. The number of hydrogen-bond acceptors (Lipinski definition) is 5. The molecule has 1 aromatic heterocycles. The van der Waals surface area contributed by atoms with E-state index >= 15 is 0 Å². The third-order valence-corrected chi connectivity index (χ3v) is 6.56. The first kappa shape index (κ1) is 23.7. The van der Waals surface area contributed by atoms with Crippen LogP contribution < -0.4 is 25.4 Å². The van der Waals surface area contributed by atoms with E-state index in [0.717, 1.165) is 16.8 Å². The van der Waals surface area contributed by atoms with Crippen LogP contribution in [-0.4, -0.2) is 23.2 Å². The summed E-state index contributed by atoms with van der Waals surface area (Å²) < 4.78 is 12.2. The van der Waals surface area contributed by atoms with Crippen LogP contribution in [0.2, 0.25) is 0 Å². The summed E-state index contributed by atoms with van der Waals surface area (Å²) in [5, 5.41) is 8.59. The zero-order valence-corrected chi connectivity index (χ0v) is 20.8.